The van der Waals surface area contributed by atoms with Gasteiger partial charge < -0.3 is 19.9 Å². The molecule has 1 atom stereocenters. The number of aromatic nitrogens is 3. The van der Waals surface area contributed by atoms with Gasteiger partial charge in [-0.3, -0.25) is 9.48 Å². The maximum Gasteiger partial charge on any atom is 0.257 e. The van der Waals surface area contributed by atoms with Gasteiger partial charge in [-0.1, -0.05) is 6.92 Å². The van der Waals surface area contributed by atoms with Crippen LogP contribution in [0.1, 0.15) is 24.2 Å². The first-order chi connectivity index (χ1) is 15.2. The zero-order valence-electron chi connectivity index (χ0n) is 17.8. The Morgan fingerprint density at radius 1 is 1.19 bits per heavy atom. The molecule has 0 aliphatic heterocycles. The van der Waals surface area contributed by atoms with Crippen LogP contribution in [0.4, 0.5) is 5.82 Å². The fourth-order valence-electron chi connectivity index (χ4n) is 2.66. The van der Waals surface area contributed by atoms with Gasteiger partial charge in [0.2, 0.25) is 0 Å². The van der Waals surface area contributed by atoms with Crippen molar-refractivity contribution in [3.8, 4) is 17.2 Å². The first-order valence-corrected chi connectivity index (χ1v) is 11.5. The second-order valence-corrected chi connectivity index (χ2v) is 9.20. The smallest absolute Gasteiger partial charge is 0.257 e. The molecule has 3 aromatic rings. The molecule has 10 nitrogen and oxygen atoms in total. The van der Waals surface area contributed by atoms with Crippen LogP contribution >= 0.6 is 0 Å². The lowest BCUT2D eigenvalue weighted by molar-refractivity contribution is 0.102. The summed E-state index contributed by atoms with van der Waals surface area (Å²) in [5, 5.41) is 16.0. The summed E-state index contributed by atoms with van der Waals surface area (Å²) in [6.45, 7) is 3.01. The standard InChI is InChI=1S/C21H24N4O6S/c1-4-32(28,29)20-6-5-16(12-22-20)31-18-10-15(9-17(11-18)30-14(2)13-26)21(27)23-19-7-8-25(3)24-19/h5-12,14,26H,4,13H2,1-3H3,(H,23,24,27). The summed E-state index contributed by atoms with van der Waals surface area (Å²) in [4.78, 5) is 16.7. The average Bonchev–Trinajstić information content (AvgIpc) is 3.18. The molecule has 1 amide bonds. The number of aryl methyl sites for hydroxylation is 1. The Morgan fingerprint density at radius 3 is 2.53 bits per heavy atom. The number of benzene rings is 1. The Kier molecular flexibility index (Phi) is 7.11. The van der Waals surface area contributed by atoms with Crippen LogP contribution in [0.25, 0.3) is 0 Å². The number of aliphatic hydroxyl groups is 1. The van der Waals surface area contributed by atoms with Crippen molar-refractivity contribution in [3.05, 3.63) is 54.4 Å². The highest BCUT2D eigenvalue weighted by Gasteiger charge is 2.16. The van der Waals surface area contributed by atoms with Gasteiger partial charge >= 0.3 is 0 Å². The summed E-state index contributed by atoms with van der Waals surface area (Å²) in [7, 11) is -1.69. The summed E-state index contributed by atoms with van der Waals surface area (Å²) >= 11 is 0. The molecule has 3 rings (SSSR count). The van der Waals surface area contributed by atoms with Crippen molar-refractivity contribution in [1.82, 2.24) is 14.8 Å². The van der Waals surface area contributed by atoms with E-state index in [-0.39, 0.29) is 34.4 Å². The number of hydrogen-bond donors (Lipinski definition) is 2. The minimum Gasteiger partial charge on any atom is -0.488 e. The third-order valence-electron chi connectivity index (χ3n) is 4.34. The number of hydrogen-bond acceptors (Lipinski definition) is 8. The molecular formula is C21H24N4O6S. The summed E-state index contributed by atoms with van der Waals surface area (Å²) in [5.74, 6) is 0.755. The van der Waals surface area contributed by atoms with Crippen LogP contribution < -0.4 is 14.8 Å². The minimum absolute atomic E-state index is 0.0448. The molecule has 2 aromatic heterocycles. The topological polar surface area (TPSA) is 133 Å². The van der Waals surface area contributed by atoms with Crippen molar-refractivity contribution >= 4 is 21.6 Å². The number of carbonyl (C=O) groups excluding carboxylic acids is 1. The quantitative estimate of drug-likeness (QED) is 0.497. The lowest BCUT2D eigenvalue weighted by Gasteiger charge is -2.15. The molecule has 0 spiro atoms. The van der Waals surface area contributed by atoms with Gasteiger partial charge in [0.15, 0.2) is 20.7 Å². The van der Waals surface area contributed by atoms with Crippen LogP contribution in [0.5, 0.6) is 17.2 Å². The maximum absolute atomic E-state index is 12.7. The van der Waals surface area contributed by atoms with Crippen molar-refractivity contribution in [2.45, 2.75) is 25.0 Å². The minimum atomic E-state index is -3.43. The second kappa shape index (κ2) is 9.79. The van der Waals surface area contributed by atoms with E-state index in [1.165, 1.54) is 37.4 Å². The fourth-order valence-corrected chi connectivity index (χ4v) is 3.45. The number of nitrogens with zero attached hydrogens (tertiary/aromatic N) is 3. The van der Waals surface area contributed by atoms with E-state index in [0.29, 0.717) is 11.6 Å². The molecule has 0 saturated heterocycles. The summed E-state index contributed by atoms with van der Waals surface area (Å²) < 4.78 is 36.8. The van der Waals surface area contributed by atoms with Gasteiger partial charge in [-0.15, -0.1) is 0 Å². The number of aliphatic hydroxyl groups excluding tert-OH is 1. The number of rotatable bonds is 9. The van der Waals surface area contributed by atoms with Crippen molar-refractivity contribution in [2.75, 3.05) is 17.7 Å². The zero-order chi connectivity index (χ0) is 23.3. The molecule has 0 fully saturated rings. The van der Waals surface area contributed by atoms with E-state index in [9.17, 15) is 18.3 Å². The highest BCUT2D eigenvalue weighted by Crippen LogP contribution is 2.29. The number of nitrogens with one attached hydrogen (secondary N) is 1. The number of ether oxygens (including phenoxy) is 2. The number of carbonyl (C=O) groups is 1. The number of amides is 1. The van der Waals surface area contributed by atoms with Crippen LogP contribution in [0.3, 0.4) is 0 Å². The molecule has 2 heterocycles. The summed E-state index contributed by atoms with van der Waals surface area (Å²) in [6.07, 6.45) is 2.49. The number of sulfone groups is 1. The van der Waals surface area contributed by atoms with E-state index in [4.69, 9.17) is 9.47 Å². The van der Waals surface area contributed by atoms with Gasteiger partial charge in [0.25, 0.3) is 5.91 Å². The van der Waals surface area contributed by atoms with Gasteiger partial charge in [0, 0.05) is 30.9 Å². The third kappa shape index (κ3) is 5.83. The molecule has 2 N–H and O–H groups in total. The molecule has 0 radical (unpaired) electrons. The normalized spacial score (nSPS) is 12.2. The zero-order valence-corrected chi connectivity index (χ0v) is 18.7. The highest BCUT2D eigenvalue weighted by molar-refractivity contribution is 7.91. The van der Waals surface area contributed by atoms with E-state index in [1.807, 2.05) is 0 Å². The van der Waals surface area contributed by atoms with Crippen molar-refractivity contribution < 1.29 is 27.8 Å². The molecule has 1 unspecified atom stereocenters. The van der Waals surface area contributed by atoms with Gasteiger partial charge in [-0.2, -0.15) is 5.10 Å². The van der Waals surface area contributed by atoms with Crippen molar-refractivity contribution in [3.63, 3.8) is 0 Å². The predicted octanol–water partition coefficient (Wildman–Crippen LogP) is 2.41. The molecule has 11 heteroatoms. The Labute approximate surface area is 185 Å². The van der Waals surface area contributed by atoms with Crippen LogP contribution in [-0.2, 0) is 16.9 Å². The molecule has 0 bridgehead atoms. The Morgan fingerprint density at radius 2 is 1.94 bits per heavy atom. The van der Waals surface area contributed by atoms with Crippen molar-refractivity contribution in [2.24, 2.45) is 7.05 Å². The van der Waals surface area contributed by atoms with E-state index >= 15 is 0 Å². The van der Waals surface area contributed by atoms with Crippen LogP contribution in [0.2, 0.25) is 0 Å². The van der Waals surface area contributed by atoms with Crippen molar-refractivity contribution in [1.29, 1.82) is 0 Å². The molecule has 1 aromatic carbocycles. The first-order valence-electron chi connectivity index (χ1n) is 9.80. The average molecular weight is 461 g/mol. The van der Waals surface area contributed by atoms with Gasteiger partial charge in [0.1, 0.15) is 23.4 Å². The predicted molar refractivity (Wildman–Crippen MR) is 117 cm³/mol. The van der Waals surface area contributed by atoms with E-state index in [2.05, 4.69) is 15.4 Å². The molecule has 0 aliphatic rings. The van der Waals surface area contributed by atoms with Crippen LogP contribution in [-0.4, -0.2) is 52.7 Å². The largest absolute Gasteiger partial charge is 0.488 e. The monoisotopic (exact) mass is 460 g/mol. The Hall–Kier alpha value is -3.44. The van der Waals surface area contributed by atoms with E-state index < -0.39 is 21.8 Å². The van der Waals surface area contributed by atoms with Gasteiger partial charge in [0.05, 0.1) is 18.6 Å². The van der Waals surface area contributed by atoms with Crippen LogP contribution in [0, 0.1) is 0 Å². The second-order valence-electron chi connectivity index (χ2n) is 6.97. The number of anilines is 1. The summed E-state index contributed by atoms with van der Waals surface area (Å²) in [6, 6.07) is 9.07. The van der Waals surface area contributed by atoms with E-state index in [1.54, 1.807) is 37.0 Å². The third-order valence-corrected chi connectivity index (χ3v) is 5.97. The molecule has 32 heavy (non-hydrogen) atoms. The first kappa shape index (κ1) is 23.2. The lowest BCUT2D eigenvalue weighted by atomic mass is 10.2. The lowest BCUT2D eigenvalue weighted by Crippen LogP contribution is -2.17. The van der Waals surface area contributed by atoms with Gasteiger partial charge in [-0.05, 0) is 31.2 Å². The SMILES string of the molecule is CCS(=O)(=O)c1ccc(Oc2cc(OC(C)CO)cc(C(=O)Nc3ccn(C)n3)c2)cn1. The molecule has 170 valence electrons. The molecular weight excluding hydrogens is 436 g/mol. The Bertz CT molecular complexity index is 1190. The maximum atomic E-state index is 12.7. The highest BCUT2D eigenvalue weighted by atomic mass is 32.2. The molecule has 0 saturated carbocycles. The Balaban J connectivity index is 1.87. The molecule has 0 aliphatic carbocycles. The van der Waals surface area contributed by atoms with Gasteiger partial charge in [-0.25, -0.2) is 13.4 Å². The summed E-state index contributed by atoms with van der Waals surface area (Å²) in [5.41, 5.74) is 0.242. The number of pyridine rings is 1. The van der Waals surface area contributed by atoms with E-state index in [0.717, 1.165) is 0 Å². The fraction of sp³-hybridized carbons (Fsp3) is 0.286. The van der Waals surface area contributed by atoms with Crippen LogP contribution in [0.15, 0.2) is 53.8 Å².